The van der Waals surface area contributed by atoms with Crippen LogP contribution in [0.25, 0.3) is 0 Å². The lowest BCUT2D eigenvalue weighted by molar-refractivity contribution is -0.128. The summed E-state index contributed by atoms with van der Waals surface area (Å²) in [5.74, 6) is 0.0768. The predicted molar refractivity (Wildman–Crippen MR) is 78.8 cm³/mol. The quantitative estimate of drug-likeness (QED) is 0.665. The minimum atomic E-state index is -0.641. The van der Waals surface area contributed by atoms with Crippen molar-refractivity contribution < 1.29 is 15.0 Å². The summed E-state index contributed by atoms with van der Waals surface area (Å²) >= 11 is 0. The largest absolute Gasteiger partial charge is 0.395 e. The molecule has 0 aliphatic rings. The van der Waals surface area contributed by atoms with E-state index in [2.05, 4.69) is 0 Å². The van der Waals surface area contributed by atoms with Crippen LogP contribution in [0.1, 0.15) is 47.5 Å². The number of hydrogen-bond donors (Lipinski definition) is 2. The smallest absolute Gasteiger partial charge is 0.141 e. The first-order valence-corrected chi connectivity index (χ1v) is 6.80. The number of Topliss-reactive ketones (excluding diaryl/α,β-unsaturated/α-hetero) is 1. The molecule has 0 aromatic rings. The van der Waals surface area contributed by atoms with E-state index in [1.54, 1.807) is 20.8 Å². The van der Waals surface area contributed by atoms with Gasteiger partial charge in [0, 0.05) is 17.3 Å². The fourth-order valence-corrected chi connectivity index (χ4v) is 1.26. The molecule has 3 nitrogen and oxygen atoms in total. The third-order valence-corrected chi connectivity index (χ3v) is 3.54. The number of aliphatic hydroxyl groups excluding tert-OH is 2. The van der Waals surface area contributed by atoms with Crippen molar-refractivity contribution in [3.05, 3.63) is 24.3 Å². The molecule has 0 aliphatic carbocycles. The highest BCUT2D eigenvalue weighted by Gasteiger charge is 2.25. The molecule has 0 spiro atoms. The molecular formula is C16H28O3. The Balaban J connectivity index is 4.14. The van der Waals surface area contributed by atoms with Crippen LogP contribution < -0.4 is 0 Å². The molecule has 1 atom stereocenters. The number of hydrogen-bond acceptors (Lipinski definition) is 3. The van der Waals surface area contributed by atoms with E-state index in [1.807, 2.05) is 38.2 Å². The van der Waals surface area contributed by atoms with Gasteiger partial charge in [-0.25, -0.2) is 0 Å². The van der Waals surface area contributed by atoms with Gasteiger partial charge < -0.3 is 10.2 Å². The third-order valence-electron chi connectivity index (χ3n) is 3.54. The first-order valence-electron chi connectivity index (χ1n) is 6.80. The van der Waals surface area contributed by atoms with Gasteiger partial charge >= 0.3 is 0 Å². The standard InChI is InChI=1S/C16H28O3/c1-13(18)15(2,3)11-9-7-6-8-10-14(19)16(4,5)12-17/h6-7,9,11,13,17-18H,8,10,12H2,1-5H3. The molecule has 3 heteroatoms. The Morgan fingerprint density at radius 3 is 2.26 bits per heavy atom. The van der Waals surface area contributed by atoms with E-state index in [4.69, 9.17) is 5.11 Å². The van der Waals surface area contributed by atoms with Crippen LogP contribution in [0.5, 0.6) is 0 Å². The number of aliphatic hydroxyl groups is 2. The first kappa shape index (κ1) is 18.1. The van der Waals surface area contributed by atoms with Crippen LogP contribution in [0.15, 0.2) is 24.3 Å². The molecule has 0 rings (SSSR count). The van der Waals surface area contributed by atoms with E-state index >= 15 is 0 Å². The van der Waals surface area contributed by atoms with E-state index < -0.39 is 11.5 Å². The third kappa shape index (κ3) is 6.69. The maximum Gasteiger partial charge on any atom is 0.141 e. The van der Waals surface area contributed by atoms with E-state index in [9.17, 15) is 9.90 Å². The second kappa shape index (κ2) is 7.61. The Hall–Kier alpha value is -0.930. The van der Waals surface area contributed by atoms with Gasteiger partial charge in [-0.2, -0.15) is 0 Å². The molecule has 0 amide bonds. The molecule has 0 fully saturated rings. The minimum absolute atomic E-state index is 0.0768. The second-order valence-corrected chi connectivity index (χ2v) is 6.29. The molecule has 0 saturated carbocycles. The summed E-state index contributed by atoms with van der Waals surface area (Å²) in [5.41, 5.74) is -0.892. The van der Waals surface area contributed by atoms with Crippen molar-refractivity contribution in [2.75, 3.05) is 6.61 Å². The van der Waals surface area contributed by atoms with E-state index in [1.165, 1.54) is 0 Å². The molecule has 1 unspecified atom stereocenters. The molecular weight excluding hydrogens is 240 g/mol. The highest BCUT2D eigenvalue weighted by molar-refractivity contribution is 5.84. The van der Waals surface area contributed by atoms with Crippen LogP contribution in [0.4, 0.5) is 0 Å². The zero-order chi connectivity index (χ0) is 15.1. The van der Waals surface area contributed by atoms with Gasteiger partial charge in [0.2, 0.25) is 0 Å². The van der Waals surface area contributed by atoms with Crippen molar-refractivity contribution >= 4 is 5.78 Å². The zero-order valence-electron chi connectivity index (χ0n) is 12.8. The zero-order valence-corrected chi connectivity index (χ0v) is 12.8. The van der Waals surface area contributed by atoms with Crippen molar-refractivity contribution in [2.45, 2.75) is 53.6 Å². The van der Waals surface area contributed by atoms with Crippen LogP contribution in [-0.2, 0) is 4.79 Å². The molecule has 19 heavy (non-hydrogen) atoms. The van der Waals surface area contributed by atoms with Crippen molar-refractivity contribution in [2.24, 2.45) is 10.8 Å². The highest BCUT2D eigenvalue weighted by atomic mass is 16.3. The Morgan fingerprint density at radius 1 is 1.21 bits per heavy atom. The van der Waals surface area contributed by atoms with Gasteiger partial charge in [-0.05, 0) is 13.3 Å². The van der Waals surface area contributed by atoms with Gasteiger partial charge in [0.05, 0.1) is 12.7 Å². The predicted octanol–water partition coefficient (Wildman–Crippen LogP) is 2.87. The van der Waals surface area contributed by atoms with Gasteiger partial charge in [0.25, 0.3) is 0 Å². The normalized spacial score (nSPS) is 15.3. The van der Waals surface area contributed by atoms with Gasteiger partial charge in [-0.1, -0.05) is 52.0 Å². The summed E-state index contributed by atoms with van der Waals surface area (Å²) < 4.78 is 0. The number of allylic oxidation sites excluding steroid dienone is 3. The Labute approximate surface area is 117 Å². The van der Waals surface area contributed by atoms with Crippen LogP contribution in [0, 0.1) is 10.8 Å². The molecule has 2 N–H and O–H groups in total. The van der Waals surface area contributed by atoms with Crippen LogP contribution in [-0.4, -0.2) is 28.7 Å². The van der Waals surface area contributed by atoms with Gasteiger partial charge in [-0.3, -0.25) is 4.79 Å². The van der Waals surface area contributed by atoms with Gasteiger partial charge in [0.1, 0.15) is 5.78 Å². The Morgan fingerprint density at radius 2 is 1.79 bits per heavy atom. The lowest BCUT2D eigenvalue weighted by atomic mass is 9.86. The molecule has 0 aliphatic heterocycles. The van der Waals surface area contributed by atoms with E-state index in [0.29, 0.717) is 12.8 Å². The van der Waals surface area contributed by atoms with Crippen LogP contribution in [0.3, 0.4) is 0 Å². The Bertz CT molecular complexity index is 336. The minimum Gasteiger partial charge on any atom is -0.395 e. The van der Waals surface area contributed by atoms with E-state index in [-0.39, 0.29) is 17.8 Å². The highest BCUT2D eigenvalue weighted by Crippen LogP contribution is 2.22. The van der Waals surface area contributed by atoms with Crippen molar-refractivity contribution in [1.82, 2.24) is 0 Å². The van der Waals surface area contributed by atoms with Gasteiger partial charge in [-0.15, -0.1) is 0 Å². The van der Waals surface area contributed by atoms with Crippen molar-refractivity contribution in [3.63, 3.8) is 0 Å². The number of ketones is 1. The number of carbonyl (C=O) groups excluding carboxylic acids is 1. The molecule has 0 aromatic heterocycles. The lowest BCUT2D eigenvalue weighted by Crippen LogP contribution is -2.27. The van der Waals surface area contributed by atoms with E-state index in [0.717, 1.165) is 0 Å². The Kier molecular flexibility index (Phi) is 7.24. The average Bonchev–Trinajstić information content (AvgIpc) is 2.32. The summed E-state index contributed by atoms with van der Waals surface area (Å²) in [6.07, 6.45) is 8.38. The van der Waals surface area contributed by atoms with Gasteiger partial charge in [0.15, 0.2) is 0 Å². The monoisotopic (exact) mass is 268 g/mol. The SMILES string of the molecule is CC(O)C(C)(C)C=CC=CCCC(=O)C(C)(C)CO. The fourth-order valence-electron chi connectivity index (χ4n) is 1.26. The maximum atomic E-state index is 11.7. The average molecular weight is 268 g/mol. The summed E-state index contributed by atoms with van der Waals surface area (Å²) in [7, 11) is 0. The fraction of sp³-hybridized carbons (Fsp3) is 0.688. The number of rotatable bonds is 8. The lowest BCUT2D eigenvalue weighted by Gasteiger charge is -2.23. The second-order valence-electron chi connectivity index (χ2n) is 6.29. The molecule has 0 radical (unpaired) electrons. The summed E-state index contributed by atoms with van der Waals surface area (Å²) in [5, 5.41) is 18.6. The van der Waals surface area contributed by atoms with Crippen molar-refractivity contribution in [3.8, 4) is 0 Å². The molecule has 0 bridgehead atoms. The summed E-state index contributed by atoms with van der Waals surface area (Å²) in [4.78, 5) is 11.7. The van der Waals surface area contributed by atoms with Crippen molar-refractivity contribution in [1.29, 1.82) is 0 Å². The first-order chi connectivity index (χ1) is 8.63. The van der Waals surface area contributed by atoms with Crippen LogP contribution >= 0.6 is 0 Å². The number of carbonyl (C=O) groups is 1. The molecule has 0 saturated heterocycles. The summed E-state index contributed by atoms with van der Waals surface area (Å²) in [6, 6.07) is 0. The summed E-state index contributed by atoms with van der Waals surface area (Å²) in [6.45, 7) is 9.10. The van der Waals surface area contributed by atoms with Crippen LogP contribution in [0.2, 0.25) is 0 Å². The molecule has 0 aromatic carbocycles. The molecule has 110 valence electrons. The topological polar surface area (TPSA) is 57.5 Å². The molecule has 0 heterocycles. The maximum absolute atomic E-state index is 11.7.